The summed E-state index contributed by atoms with van der Waals surface area (Å²) < 4.78 is 10.5. The first-order valence-electron chi connectivity index (χ1n) is 5.36. The van der Waals surface area contributed by atoms with E-state index < -0.39 is 5.91 Å². The van der Waals surface area contributed by atoms with Crippen LogP contribution in [0, 0.1) is 0 Å². The van der Waals surface area contributed by atoms with E-state index in [0.717, 1.165) is 0 Å². The van der Waals surface area contributed by atoms with Crippen LogP contribution in [0.25, 0.3) is 0 Å². The van der Waals surface area contributed by atoms with E-state index in [4.69, 9.17) is 20.4 Å². The molecule has 1 aromatic carbocycles. The van der Waals surface area contributed by atoms with Gasteiger partial charge >= 0.3 is 0 Å². The molecule has 0 aliphatic rings. The molecule has 0 fully saturated rings. The van der Waals surface area contributed by atoms with Crippen molar-refractivity contribution in [1.82, 2.24) is 0 Å². The standard InChI is InChI=1S/C12H16N2O4/c1-8(14-16)10-4-3-9(17-2)7-11(10)18-6-5-12(13)15/h3-4,7,16H,5-6H2,1-2H3,(H2,13,15)/b14-8+. The van der Waals surface area contributed by atoms with Crippen LogP contribution in [-0.4, -0.2) is 30.5 Å². The van der Waals surface area contributed by atoms with Gasteiger partial charge in [-0.1, -0.05) is 5.16 Å². The molecule has 0 bridgehead atoms. The normalized spacial score (nSPS) is 11.1. The van der Waals surface area contributed by atoms with Crippen LogP contribution in [0.2, 0.25) is 0 Å². The maximum Gasteiger partial charge on any atom is 0.220 e. The van der Waals surface area contributed by atoms with E-state index in [2.05, 4.69) is 5.16 Å². The summed E-state index contributed by atoms with van der Waals surface area (Å²) in [6.45, 7) is 1.80. The molecule has 1 aromatic rings. The number of nitrogens with two attached hydrogens (primary N) is 1. The third-order valence-corrected chi connectivity index (χ3v) is 2.33. The number of carbonyl (C=O) groups excluding carboxylic acids is 1. The molecule has 3 N–H and O–H groups in total. The second-order valence-electron chi connectivity index (χ2n) is 3.61. The summed E-state index contributed by atoms with van der Waals surface area (Å²) in [5.74, 6) is 0.649. The summed E-state index contributed by atoms with van der Waals surface area (Å²) in [4.78, 5) is 10.6. The van der Waals surface area contributed by atoms with Crippen molar-refractivity contribution in [1.29, 1.82) is 0 Å². The Hall–Kier alpha value is -2.24. The Morgan fingerprint density at radius 2 is 2.22 bits per heavy atom. The largest absolute Gasteiger partial charge is 0.497 e. The average Bonchev–Trinajstić information content (AvgIpc) is 2.37. The van der Waals surface area contributed by atoms with E-state index in [1.54, 1.807) is 25.1 Å². The lowest BCUT2D eigenvalue weighted by Crippen LogP contribution is -2.15. The summed E-state index contributed by atoms with van der Waals surface area (Å²) >= 11 is 0. The number of ether oxygens (including phenoxy) is 2. The Balaban J connectivity index is 2.93. The third kappa shape index (κ3) is 3.65. The number of nitrogens with zero attached hydrogens (tertiary/aromatic N) is 1. The zero-order valence-corrected chi connectivity index (χ0v) is 10.3. The van der Waals surface area contributed by atoms with Gasteiger partial charge in [-0.05, 0) is 19.1 Å². The van der Waals surface area contributed by atoms with E-state index in [0.29, 0.717) is 22.8 Å². The zero-order chi connectivity index (χ0) is 13.5. The van der Waals surface area contributed by atoms with Gasteiger partial charge in [-0.3, -0.25) is 4.79 Å². The first-order valence-corrected chi connectivity index (χ1v) is 5.36. The van der Waals surface area contributed by atoms with Crippen molar-refractivity contribution in [2.75, 3.05) is 13.7 Å². The highest BCUT2D eigenvalue weighted by Gasteiger charge is 2.09. The highest BCUT2D eigenvalue weighted by atomic mass is 16.5. The molecule has 0 aliphatic carbocycles. The summed E-state index contributed by atoms with van der Waals surface area (Å²) in [6.07, 6.45) is 0.117. The van der Waals surface area contributed by atoms with Crippen LogP contribution < -0.4 is 15.2 Å². The lowest BCUT2D eigenvalue weighted by Gasteiger charge is -2.11. The molecule has 0 aliphatic heterocycles. The van der Waals surface area contributed by atoms with Crippen molar-refractivity contribution >= 4 is 11.6 Å². The van der Waals surface area contributed by atoms with Crippen molar-refractivity contribution in [2.24, 2.45) is 10.9 Å². The highest BCUT2D eigenvalue weighted by molar-refractivity contribution is 6.00. The first kappa shape index (κ1) is 13.8. The third-order valence-electron chi connectivity index (χ3n) is 2.33. The number of methoxy groups -OCH3 is 1. The fourth-order valence-corrected chi connectivity index (χ4v) is 1.36. The van der Waals surface area contributed by atoms with Crippen molar-refractivity contribution in [3.8, 4) is 11.5 Å². The fraction of sp³-hybridized carbons (Fsp3) is 0.333. The summed E-state index contributed by atoms with van der Waals surface area (Å²) in [7, 11) is 1.54. The van der Waals surface area contributed by atoms with E-state index >= 15 is 0 Å². The van der Waals surface area contributed by atoms with Crippen LogP contribution >= 0.6 is 0 Å². The van der Waals surface area contributed by atoms with Gasteiger partial charge < -0.3 is 20.4 Å². The highest BCUT2D eigenvalue weighted by Crippen LogP contribution is 2.25. The van der Waals surface area contributed by atoms with Crippen molar-refractivity contribution in [2.45, 2.75) is 13.3 Å². The molecule has 1 amide bonds. The SMILES string of the molecule is COc1ccc(/C(C)=N/O)c(OCCC(N)=O)c1. The lowest BCUT2D eigenvalue weighted by atomic mass is 10.1. The van der Waals surface area contributed by atoms with E-state index in [1.165, 1.54) is 7.11 Å². The van der Waals surface area contributed by atoms with Crippen LogP contribution in [-0.2, 0) is 4.79 Å². The molecule has 0 unspecified atom stereocenters. The second kappa shape index (κ2) is 6.48. The van der Waals surface area contributed by atoms with Crippen molar-refractivity contribution in [3.63, 3.8) is 0 Å². The number of carbonyl (C=O) groups is 1. The Bertz CT molecular complexity index is 457. The molecule has 6 nitrogen and oxygen atoms in total. The van der Waals surface area contributed by atoms with Crippen LogP contribution in [0.1, 0.15) is 18.9 Å². The predicted molar refractivity (Wildman–Crippen MR) is 66.3 cm³/mol. The average molecular weight is 252 g/mol. The Labute approximate surface area is 105 Å². The number of amides is 1. The lowest BCUT2D eigenvalue weighted by molar-refractivity contribution is -0.118. The number of rotatable bonds is 6. The van der Waals surface area contributed by atoms with E-state index in [1.807, 2.05) is 0 Å². The van der Waals surface area contributed by atoms with Gasteiger partial charge in [0.15, 0.2) is 0 Å². The molecule has 6 heteroatoms. The molecule has 0 radical (unpaired) electrons. The van der Waals surface area contributed by atoms with E-state index in [-0.39, 0.29) is 13.0 Å². The van der Waals surface area contributed by atoms with Gasteiger partial charge in [-0.15, -0.1) is 0 Å². The predicted octanol–water partition coefficient (Wildman–Crippen LogP) is 1.15. The molecule has 0 saturated heterocycles. The molecule has 1 rings (SSSR count). The maximum absolute atomic E-state index is 10.6. The fourth-order valence-electron chi connectivity index (χ4n) is 1.36. The number of benzene rings is 1. The summed E-state index contributed by atoms with van der Waals surface area (Å²) in [5, 5.41) is 11.9. The minimum atomic E-state index is -0.438. The number of oxime groups is 1. The summed E-state index contributed by atoms with van der Waals surface area (Å²) in [5.41, 5.74) is 6.07. The van der Waals surface area contributed by atoms with Gasteiger partial charge in [0.1, 0.15) is 11.5 Å². The van der Waals surface area contributed by atoms with Crippen molar-refractivity contribution < 1.29 is 19.5 Å². The van der Waals surface area contributed by atoms with Crippen LogP contribution in [0.5, 0.6) is 11.5 Å². The van der Waals surface area contributed by atoms with Gasteiger partial charge in [-0.25, -0.2) is 0 Å². The molecular formula is C12H16N2O4. The topological polar surface area (TPSA) is 94.1 Å². The number of hydrogen-bond donors (Lipinski definition) is 2. The van der Waals surface area contributed by atoms with Crippen LogP contribution in [0.4, 0.5) is 0 Å². The van der Waals surface area contributed by atoms with Crippen molar-refractivity contribution in [3.05, 3.63) is 23.8 Å². The monoisotopic (exact) mass is 252 g/mol. The minimum Gasteiger partial charge on any atom is -0.497 e. The molecule has 0 atom stereocenters. The Kier molecular flexibility index (Phi) is 4.98. The Morgan fingerprint density at radius 1 is 1.50 bits per heavy atom. The zero-order valence-electron chi connectivity index (χ0n) is 10.3. The number of hydrogen-bond acceptors (Lipinski definition) is 5. The molecule has 0 aromatic heterocycles. The molecular weight excluding hydrogens is 236 g/mol. The van der Waals surface area contributed by atoms with Gasteiger partial charge in [-0.2, -0.15) is 0 Å². The van der Waals surface area contributed by atoms with Crippen LogP contribution in [0.3, 0.4) is 0 Å². The maximum atomic E-state index is 10.6. The van der Waals surface area contributed by atoms with Gasteiger partial charge in [0.2, 0.25) is 5.91 Å². The van der Waals surface area contributed by atoms with E-state index in [9.17, 15) is 4.79 Å². The van der Waals surface area contributed by atoms with Crippen LogP contribution in [0.15, 0.2) is 23.4 Å². The minimum absolute atomic E-state index is 0.117. The van der Waals surface area contributed by atoms with Gasteiger partial charge in [0.25, 0.3) is 0 Å². The molecule has 98 valence electrons. The quantitative estimate of drug-likeness (QED) is 0.451. The molecule has 18 heavy (non-hydrogen) atoms. The van der Waals surface area contributed by atoms with Gasteiger partial charge in [0.05, 0.1) is 25.8 Å². The van der Waals surface area contributed by atoms with Gasteiger partial charge in [0, 0.05) is 11.6 Å². The summed E-state index contributed by atoms with van der Waals surface area (Å²) in [6, 6.07) is 5.10. The Morgan fingerprint density at radius 3 is 2.78 bits per heavy atom. The molecule has 0 saturated carbocycles. The molecule has 0 spiro atoms. The molecule has 0 heterocycles. The smallest absolute Gasteiger partial charge is 0.220 e. The second-order valence-corrected chi connectivity index (χ2v) is 3.61. The first-order chi connectivity index (χ1) is 8.58. The number of primary amides is 1.